The highest BCUT2D eigenvalue weighted by molar-refractivity contribution is 9.10. The monoisotopic (exact) mass is 334 g/mol. The lowest BCUT2D eigenvalue weighted by Gasteiger charge is -2.04. The van der Waals surface area contributed by atoms with Crippen molar-refractivity contribution < 1.29 is 13.9 Å². The third-order valence-electron chi connectivity index (χ3n) is 2.73. The molecular weight excluding hydrogens is 323 g/mol. The first-order chi connectivity index (χ1) is 9.60. The Labute approximate surface area is 125 Å². The van der Waals surface area contributed by atoms with E-state index in [1.54, 1.807) is 13.2 Å². The summed E-state index contributed by atoms with van der Waals surface area (Å²) < 4.78 is 18.9. The fourth-order valence-corrected chi connectivity index (χ4v) is 2.09. The maximum Gasteiger partial charge on any atom is 0.185 e. The largest absolute Gasteiger partial charge is 0.496 e. The van der Waals surface area contributed by atoms with Crippen molar-refractivity contribution in [2.75, 3.05) is 7.11 Å². The van der Waals surface area contributed by atoms with Gasteiger partial charge in [0.15, 0.2) is 5.78 Å². The number of methoxy groups -OCH3 is 1. The molecule has 0 fully saturated rings. The predicted molar refractivity (Wildman–Crippen MR) is 80.5 cm³/mol. The summed E-state index contributed by atoms with van der Waals surface area (Å²) in [4.78, 5) is 12.0. The Balaban J connectivity index is 2.22. The molecule has 0 N–H and O–H groups in total. The number of allylic oxidation sites excluding steroid dienone is 1. The lowest BCUT2D eigenvalue weighted by molar-refractivity contribution is 0.104. The molecule has 0 aromatic heterocycles. The smallest absolute Gasteiger partial charge is 0.185 e. The zero-order valence-electron chi connectivity index (χ0n) is 10.8. The van der Waals surface area contributed by atoms with E-state index in [-0.39, 0.29) is 11.6 Å². The summed E-state index contributed by atoms with van der Waals surface area (Å²) in [5.74, 6) is 0.127. The number of ketones is 1. The van der Waals surface area contributed by atoms with Gasteiger partial charge in [0.25, 0.3) is 0 Å². The second-order valence-electron chi connectivity index (χ2n) is 4.09. The molecule has 0 aliphatic rings. The van der Waals surface area contributed by atoms with Crippen LogP contribution in [0.25, 0.3) is 6.08 Å². The van der Waals surface area contributed by atoms with Crippen molar-refractivity contribution in [3.05, 3.63) is 70.0 Å². The van der Waals surface area contributed by atoms with Gasteiger partial charge in [-0.15, -0.1) is 0 Å². The summed E-state index contributed by atoms with van der Waals surface area (Å²) >= 11 is 3.37. The highest BCUT2D eigenvalue weighted by Crippen LogP contribution is 2.24. The predicted octanol–water partition coefficient (Wildman–Crippen LogP) is 4.49. The van der Waals surface area contributed by atoms with E-state index >= 15 is 0 Å². The van der Waals surface area contributed by atoms with Crippen molar-refractivity contribution in [3.63, 3.8) is 0 Å². The third-order valence-corrected chi connectivity index (χ3v) is 3.23. The van der Waals surface area contributed by atoms with Crippen molar-refractivity contribution in [2.24, 2.45) is 0 Å². The van der Waals surface area contributed by atoms with E-state index in [1.165, 1.54) is 30.3 Å². The van der Waals surface area contributed by atoms with Crippen LogP contribution in [-0.2, 0) is 0 Å². The molecule has 0 saturated heterocycles. The summed E-state index contributed by atoms with van der Waals surface area (Å²) in [5.41, 5.74) is 1.23. The molecule has 0 aliphatic carbocycles. The molecule has 0 unspecified atom stereocenters. The molecule has 0 saturated carbocycles. The van der Waals surface area contributed by atoms with Gasteiger partial charge in [-0.05, 0) is 54.6 Å². The quantitative estimate of drug-likeness (QED) is 0.608. The van der Waals surface area contributed by atoms with Crippen LogP contribution in [0.4, 0.5) is 4.39 Å². The Morgan fingerprint density at radius 1 is 1.20 bits per heavy atom. The molecule has 0 bridgehead atoms. The molecule has 0 heterocycles. The van der Waals surface area contributed by atoms with Crippen LogP contribution in [0.3, 0.4) is 0 Å². The van der Waals surface area contributed by atoms with E-state index < -0.39 is 0 Å². The van der Waals surface area contributed by atoms with Gasteiger partial charge in [0.2, 0.25) is 0 Å². The Bertz CT molecular complexity index is 648. The molecule has 0 aliphatic heterocycles. The zero-order chi connectivity index (χ0) is 14.5. The minimum absolute atomic E-state index is 0.188. The number of ether oxygens (including phenoxy) is 1. The molecule has 0 amide bonds. The van der Waals surface area contributed by atoms with Gasteiger partial charge in [0.1, 0.15) is 11.6 Å². The minimum atomic E-state index is -0.362. The Kier molecular flexibility index (Phi) is 4.69. The maximum atomic E-state index is 12.8. The van der Waals surface area contributed by atoms with Crippen molar-refractivity contribution >= 4 is 27.8 Å². The molecule has 4 heteroatoms. The topological polar surface area (TPSA) is 26.3 Å². The average Bonchev–Trinajstić information content (AvgIpc) is 2.45. The zero-order valence-corrected chi connectivity index (χ0v) is 12.4. The highest BCUT2D eigenvalue weighted by atomic mass is 79.9. The van der Waals surface area contributed by atoms with Crippen LogP contribution in [0.2, 0.25) is 0 Å². The van der Waals surface area contributed by atoms with Gasteiger partial charge in [-0.3, -0.25) is 4.79 Å². The van der Waals surface area contributed by atoms with E-state index in [1.807, 2.05) is 18.2 Å². The Morgan fingerprint density at radius 2 is 1.90 bits per heavy atom. The molecule has 2 aromatic carbocycles. The summed E-state index contributed by atoms with van der Waals surface area (Å²) in [7, 11) is 1.57. The van der Waals surface area contributed by atoms with Crippen LogP contribution in [-0.4, -0.2) is 12.9 Å². The summed E-state index contributed by atoms with van der Waals surface area (Å²) in [6.07, 6.45) is 3.12. The Morgan fingerprint density at radius 3 is 2.55 bits per heavy atom. The fraction of sp³-hybridized carbons (Fsp3) is 0.0625. The number of carbonyl (C=O) groups is 1. The maximum absolute atomic E-state index is 12.8. The van der Waals surface area contributed by atoms with Crippen LogP contribution in [0, 0.1) is 5.82 Å². The first kappa shape index (κ1) is 14.5. The summed E-state index contributed by atoms with van der Waals surface area (Å²) in [5, 5.41) is 0. The van der Waals surface area contributed by atoms with Crippen molar-refractivity contribution in [3.8, 4) is 5.75 Å². The van der Waals surface area contributed by atoms with Gasteiger partial charge in [0.05, 0.1) is 7.11 Å². The number of rotatable bonds is 4. The fourth-order valence-electron chi connectivity index (χ4n) is 1.71. The van der Waals surface area contributed by atoms with Crippen LogP contribution in [0.15, 0.2) is 53.0 Å². The lowest BCUT2D eigenvalue weighted by Crippen LogP contribution is -1.94. The van der Waals surface area contributed by atoms with Gasteiger partial charge in [-0.2, -0.15) is 0 Å². The number of benzene rings is 2. The standard InChI is InChI=1S/C16H12BrFO2/c1-20-16-9-5-13(17)10-12(16)4-8-15(19)11-2-6-14(18)7-3-11/h2-10H,1H3. The number of hydrogen-bond donors (Lipinski definition) is 0. The van der Waals surface area contributed by atoms with Gasteiger partial charge >= 0.3 is 0 Å². The van der Waals surface area contributed by atoms with Crippen molar-refractivity contribution in [2.45, 2.75) is 0 Å². The molecule has 2 aromatic rings. The number of carbonyl (C=O) groups excluding carboxylic acids is 1. The van der Waals surface area contributed by atoms with E-state index in [0.717, 1.165) is 10.0 Å². The molecule has 0 atom stereocenters. The molecular formula is C16H12BrFO2. The van der Waals surface area contributed by atoms with Gasteiger partial charge < -0.3 is 4.74 Å². The first-order valence-corrected chi connectivity index (χ1v) is 6.71. The third kappa shape index (κ3) is 3.54. The Hall–Kier alpha value is -1.94. The molecule has 102 valence electrons. The second kappa shape index (κ2) is 6.48. The molecule has 0 radical (unpaired) electrons. The van der Waals surface area contributed by atoms with E-state index in [9.17, 15) is 9.18 Å². The van der Waals surface area contributed by atoms with Crippen LogP contribution in [0.1, 0.15) is 15.9 Å². The van der Waals surface area contributed by atoms with Crippen LogP contribution < -0.4 is 4.74 Å². The normalized spacial score (nSPS) is 10.8. The summed E-state index contributed by atoms with van der Waals surface area (Å²) in [6.45, 7) is 0. The average molecular weight is 335 g/mol. The van der Waals surface area contributed by atoms with Crippen LogP contribution >= 0.6 is 15.9 Å². The lowest BCUT2D eigenvalue weighted by atomic mass is 10.1. The SMILES string of the molecule is COc1ccc(Br)cc1C=CC(=O)c1ccc(F)cc1. The highest BCUT2D eigenvalue weighted by Gasteiger charge is 2.04. The van der Waals surface area contributed by atoms with Gasteiger partial charge in [-0.25, -0.2) is 4.39 Å². The van der Waals surface area contributed by atoms with Crippen LogP contribution in [0.5, 0.6) is 5.75 Å². The van der Waals surface area contributed by atoms with E-state index in [4.69, 9.17) is 4.74 Å². The number of halogens is 2. The molecule has 2 rings (SSSR count). The van der Waals surface area contributed by atoms with Gasteiger partial charge in [0, 0.05) is 15.6 Å². The molecule has 2 nitrogen and oxygen atoms in total. The number of hydrogen-bond acceptors (Lipinski definition) is 2. The minimum Gasteiger partial charge on any atom is -0.496 e. The van der Waals surface area contributed by atoms with E-state index in [2.05, 4.69) is 15.9 Å². The van der Waals surface area contributed by atoms with E-state index in [0.29, 0.717) is 11.3 Å². The second-order valence-corrected chi connectivity index (χ2v) is 5.01. The van der Waals surface area contributed by atoms with Gasteiger partial charge in [-0.1, -0.05) is 15.9 Å². The van der Waals surface area contributed by atoms with Crippen molar-refractivity contribution in [1.29, 1.82) is 0 Å². The summed E-state index contributed by atoms with van der Waals surface area (Å²) in [6, 6.07) is 11.0. The molecule has 0 spiro atoms. The first-order valence-electron chi connectivity index (χ1n) is 5.91. The molecule has 20 heavy (non-hydrogen) atoms. The van der Waals surface area contributed by atoms with Crippen molar-refractivity contribution in [1.82, 2.24) is 0 Å².